The molecule has 5 nitrogen and oxygen atoms in total. The summed E-state index contributed by atoms with van der Waals surface area (Å²) in [6, 6.07) is 8.96. The summed E-state index contributed by atoms with van der Waals surface area (Å²) in [5.41, 5.74) is 6.58. The molecular weight excluding hydrogens is 572 g/mol. The maximum atomic E-state index is 10.7. The van der Waals surface area contributed by atoms with Crippen LogP contribution in [0.3, 0.4) is 0 Å². The van der Waals surface area contributed by atoms with E-state index in [9.17, 15) is 10.1 Å². The molecule has 0 spiro atoms. The first-order valence-electron chi connectivity index (χ1n) is 11.5. The van der Waals surface area contributed by atoms with E-state index in [0.717, 1.165) is 0 Å². The Morgan fingerprint density at radius 2 is 1.69 bits per heavy atom. The first kappa shape index (κ1) is 29.7. The van der Waals surface area contributed by atoms with Crippen LogP contribution in [0.1, 0.15) is 70.2 Å². The van der Waals surface area contributed by atoms with Crippen LogP contribution in [-0.2, 0) is 13.5 Å². The molecule has 1 saturated heterocycles. The predicted molar refractivity (Wildman–Crippen MR) is 146 cm³/mol. The average molecular weight is 610 g/mol. The first-order chi connectivity index (χ1) is 16.0. The van der Waals surface area contributed by atoms with E-state index in [2.05, 4.69) is 72.0 Å². The minimum absolute atomic E-state index is 0.00360. The number of anilines is 1. The van der Waals surface area contributed by atoms with Crippen LogP contribution in [0.5, 0.6) is 5.75 Å². The van der Waals surface area contributed by atoms with Crippen LogP contribution < -0.4 is 9.64 Å². The van der Waals surface area contributed by atoms with E-state index in [-0.39, 0.29) is 22.7 Å². The number of ether oxygens (including phenoxy) is 1. The van der Waals surface area contributed by atoms with Gasteiger partial charge in [-0.25, -0.2) is 6.54 Å². The molecule has 1 fully saturated rings. The van der Waals surface area contributed by atoms with E-state index < -0.39 is 18.4 Å². The number of nitro benzene ring substituents is 1. The van der Waals surface area contributed by atoms with E-state index in [4.69, 9.17) is 24.1 Å². The van der Waals surface area contributed by atoms with Gasteiger partial charge in [0, 0.05) is 11.2 Å². The monoisotopic (exact) mass is 609 g/mol. The summed E-state index contributed by atoms with van der Waals surface area (Å²) in [6.07, 6.45) is 1.18. The molecule has 0 amide bonds. The topological polar surface area (TPSA) is 55.6 Å². The van der Waals surface area contributed by atoms with Gasteiger partial charge in [0.05, 0.1) is 0 Å². The Kier molecular flexibility index (Phi) is 9.95. The van der Waals surface area contributed by atoms with Crippen molar-refractivity contribution in [3.8, 4) is 5.75 Å². The van der Waals surface area contributed by atoms with Crippen LogP contribution in [0, 0.1) is 42.8 Å². The van der Waals surface area contributed by atoms with Gasteiger partial charge in [0.25, 0.3) is 0 Å². The molecule has 0 unspecified atom stereocenters. The number of halogens is 2. The van der Waals surface area contributed by atoms with Gasteiger partial charge in [-0.15, -0.1) is 5.41 Å². The maximum Gasteiger partial charge on any atom is 0.0134 e. The Bertz CT molecular complexity index is 1090. The Morgan fingerprint density at radius 1 is 1.11 bits per heavy atom. The maximum absolute atomic E-state index is 10.7. The van der Waals surface area contributed by atoms with E-state index in [1.807, 2.05) is 13.8 Å². The van der Waals surface area contributed by atoms with Gasteiger partial charge < -0.3 is 4.90 Å². The molecule has 8 heteroatoms. The van der Waals surface area contributed by atoms with Crippen molar-refractivity contribution in [3.63, 3.8) is 0 Å². The Balaban J connectivity index is 0.000000247. The number of nitrogens with zero attached hydrogens (tertiary/aromatic N) is 2. The molecule has 0 aliphatic carbocycles. The fourth-order valence-corrected chi connectivity index (χ4v) is 6.65. The van der Waals surface area contributed by atoms with Crippen molar-refractivity contribution in [1.82, 2.24) is 0 Å². The Hall–Kier alpha value is -1.49. The third-order valence-electron chi connectivity index (χ3n) is 5.65. The molecule has 3 rings (SSSR count). The average Bonchev–Trinajstić information content (AvgIpc) is 2.88. The quantitative estimate of drug-likeness (QED) is 0.148. The van der Waals surface area contributed by atoms with Gasteiger partial charge in [-0.3, -0.25) is 0 Å². The third-order valence-corrected chi connectivity index (χ3v) is 7.48. The molecule has 2 aromatic rings. The van der Waals surface area contributed by atoms with Gasteiger partial charge in [-0.1, -0.05) is 38.0 Å². The smallest absolute Gasteiger partial charge is 0.0134 e. The number of nitro groups is 1. The minimum Gasteiger partial charge on any atom is -0.517 e. The van der Waals surface area contributed by atoms with Crippen LogP contribution in [0.4, 0.5) is 11.4 Å². The number of aryl methyl sites for hydroxylation is 3. The molecule has 35 heavy (non-hydrogen) atoms. The minimum atomic E-state index is -2.05. The fourth-order valence-electron chi connectivity index (χ4n) is 4.86. The third kappa shape index (κ3) is 8.27. The van der Waals surface area contributed by atoms with E-state index in [0.29, 0.717) is 11.3 Å². The van der Waals surface area contributed by atoms with Crippen molar-refractivity contribution in [2.45, 2.75) is 80.4 Å². The van der Waals surface area contributed by atoms with E-state index in [1.54, 1.807) is 10.7 Å². The summed E-state index contributed by atoms with van der Waals surface area (Å²) >= 11 is -2.05. The molecule has 1 aliphatic rings. The SMILES string of the molecule is CC(C)Oc1ccc([N+](=O)[O-])cc1[CH]=[Ru]([Cl])[Cl].Cc1cc(C)c(N2[CH-]C(C)(C)CC2(C)C)c(C)c1. The van der Waals surface area contributed by atoms with Crippen molar-refractivity contribution in [2.75, 3.05) is 4.90 Å². The molecule has 196 valence electrons. The van der Waals surface area contributed by atoms with Gasteiger partial charge in [-0.05, 0) is 45.7 Å². The number of benzene rings is 2. The molecule has 1 heterocycles. The van der Waals surface area contributed by atoms with E-state index >= 15 is 0 Å². The first-order valence-corrected chi connectivity index (χ1v) is 17.0. The van der Waals surface area contributed by atoms with Crippen LogP contribution in [-0.4, -0.2) is 21.2 Å². The molecular formula is C27H37Cl2N2O3Ru-. The summed E-state index contributed by atoms with van der Waals surface area (Å²) < 4.78 is 7.17. The number of non-ortho nitro benzene ring substituents is 1. The van der Waals surface area contributed by atoms with Gasteiger partial charge in [0.1, 0.15) is 0 Å². The second-order valence-corrected chi connectivity index (χ2v) is 16.4. The number of hydrogen-bond donors (Lipinski definition) is 0. The zero-order valence-corrected chi connectivity index (χ0v) is 25.3. The van der Waals surface area contributed by atoms with Crippen LogP contribution in [0.25, 0.3) is 0 Å². The molecule has 1 aliphatic heterocycles. The summed E-state index contributed by atoms with van der Waals surface area (Å²) in [6.45, 7) is 22.1. The summed E-state index contributed by atoms with van der Waals surface area (Å²) in [4.78, 5) is 12.7. The van der Waals surface area contributed by atoms with Gasteiger partial charge in [-0.2, -0.15) is 0 Å². The molecule has 0 aromatic heterocycles. The van der Waals surface area contributed by atoms with Crippen molar-refractivity contribution in [2.24, 2.45) is 5.41 Å². The van der Waals surface area contributed by atoms with Gasteiger partial charge in [0.15, 0.2) is 0 Å². The van der Waals surface area contributed by atoms with Crippen LogP contribution in [0.2, 0.25) is 0 Å². The summed E-state index contributed by atoms with van der Waals surface area (Å²) in [7, 11) is 11.6. The van der Waals surface area contributed by atoms with Crippen molar-refractivity contribution >= 4 is 35.4 Å². The van der Waals surface area contributed by atoms with E-state index in [1.165, 1.54) is 40.9 Å². The zero-order valence-electron chi connectivity index (χ0n) is 22.1. The van der Waals surface area contributed by atoms with Crippen molar-refractivity contribution in [1.29, 1.82) is 0 Å². The van der Waals surface area contributed by atoms with Crippen LogP contribution >= 0.6 is 19.4 Å². The van der Waals surface area contributed by atoms with Crippen LogP contribution in [0.15, 0.2) is 30.3 Å². The van der Waals surface area contributed by atoms with Crippen molar-refractivity contribution < 1.29 is 23.2 Å². The number of hydrogen-bond acceptors (Lipinski definition) is 4. The molecule has 0 bridgehead atoms. The number of rotatable bonds is 5. The van der Waals surface area contributed by atoms with Gasteiger partial charge >= 0.3 is 112 Å². The Labute approximate surface area is 223 Å². The Morgan fingerprint density at radius 3 is 2.11 bits per heavy atom. The normalized spacial score (nSPS) is 16.5. The van der Waals surface area contributed by atoms with Crippen molar-refractivity contribution in [3.05, 3.63) is 69.2 Å². The molecule has 0 saturated carbocycles. The predicted octanol–water partition coefficient (Wildman–Crippen LogP) is 8.25. The zero-order chi connectivity index (χ0) is 26.7. The summed E-state index contributed by atoms with van der Waals surface area (Å²) in [5.74, 6) is 0.561. The molecule has 2 aromatic carbocycles. The largest absolute Gasteiger partial charge is 0.517 e. The second kappa shape index (κ2) is 11.7. The van der Waals surface area contributed by atoms with Gasteiger partial charge in [0.2, 0.25) is 0 Å². The summed E-state index contributed by atoms with van der Waals surface area (Å²) in [5, 5.41) is 10.7. The fraction of sp³-hybridized carbons (Fsp3) is 0.481. The standard InChI is InChI=1S/C17H26N.C10H11NO3.2ClH.Ru/c1-12-8-13(2)15(14(3)9-12)18-11-16(4,5)10-17(18,6)7;1-7(2)14-10-5-4-9(11(12)13)6-8(10)3;;;/h8-9,11H,10H2,1-7H3;3-7H,1-2H3;2*1H;/q-1;;;;+2/p-2. The molecule has 0 radical (unpaired) electrons. The second-order valence-electron chi connectivity index (χ2n) is 10.7. The molecule has 0 atom stereocenters. The molecule has 0 N–H and O–H groups in total.